The maximum atomic E-state index is 15.1. The number of alkyl halides is 6. The molecule has 9 unspecified atom stereocenters. The van der Waals surface area contributed by atoms with Crippen molar-refractivity contribution >= 4 is 0 Å². The van der Waals surface area contributed by atoms with Crippen molar-refractivity contribution < 1.29 is 59.9 Å². The van der Waals surface area contributed by atoms with Crippen molar-refractivity contribution in [3.63, 3.8) is 0 Å². The van der Waals surface area contributed by atoms with Gasteiger partial charge in [-0.2, -0.15) is 26.3 Å². The Balaban J connectivity index is 1.11. The molecule has 4 saturated carbocycles. The van der Waals surface area contributed by atoms with Crippen LogP contribution in [0.1, 0.15) is 104 Å². The molecular weight excluding hydrogens is 682 g/mol. The molecule has 2 aliphatic heterocycles. The second-order valence-corrected chi connectivity index (χ2v) is 17.7. The van der Waals surface area contributed by atoms with Gasteiger partial charge in [-0.05, 0) is 95.3 Å². The predicted octanol–water partition coefficient (Wildman–Crippen LogP) is 8.05. The summed E-state index contributed by atoms with van der Waals surface area (Å²) in [5.74, 6) is -0.294. The first-order valence-corrected chi connectivity index (χ1v) is 19.5. The van der Waals surface area contributed by atoms with Crippen molar-refractivity contribution in [2.24, 2.45) is 38.9 Å². The summed E-state index contributed by atoms with van der Waals surface area (Å²) < 4.78 is 126. The van der Waals surface area contributed by atoms with E-state index in [2.05, 4.69) is 0 Å². The van der Waals surface area contributed by atoms with Crippen molar-refractivity contribution in [2.45, 2.75) is 141 Å². The van der Waals surface area contributed by atoms with Gasteiger partial charge >= 0.3 is 12.4 Å². The van der Waals surface area contributed by atoms with E-state index in [1.165, 1.54) is 0 Å². The zero-order valence-electron chi connectivity index (χ0n) is 30.7. The third-order valence-corrected chi connectivity index (χ3v) is 14.4. The van der Waals surface area contributed by atoms with E-state index in [4.69, 9.17) is 28.4 Å². The van der Waals surface area contributed by atoms with Crippen molar-refractivity contribution in [3.05, 3.63) is 0 Å². The average molecular weight is 743 g/mol. The lowest BCUT2D eigenvalue weighted by molar-refractivity contribution is -0.309. The first kappa shape index (κ1) is 40.0. The van der Waals surface area contributed by atoms with Gasteiger partial charge in [-0.25, -0.2) is 0 Å². The molecule has 2 heterocycles. The summed E-state index contributed by atoms with van der Waals surface area (Å²) in [4.78, 5) is 0. The van der Waals surface area contributed by atoms with E-state index < -0.39 is 59.6 Å². The van der Waals surface area contributed by atoms with Gasteiger partial charge in [0.1, 0.15) is 0 Å². The lowest BCUT2D eigenvalue weighted by atomic mass is 9.59. The summed E-state index contributed by atoms with van der Waals surface area (Å²) >= 11 is 0. The molecule has 0 amide bonds. The lowest BCUT2D eigenvalue weighted by Crippen LogP contribution is -2.59. The average Bonchev–Trinajstić information content (AvgIpc) is 3.05. The Morgan fingerprint density at radius 2 is 1.06 bits per heavy atom. The number of halogens is 6. The molecule has 2 saturated heterocycles. The summed E-state index contributed by atoms with van der Waals surface area (Å²) in [6.45, 7) is 7.84. The standard InChI is InChI=1S/C38H60F6O7/c1-4-32(17-45,22-48-28-11-26-8-10-31(36(14-26,15-28)38(42,43)44)51-25-34(6-3)20-47-21-34)23-50-30-9-7-27-12-29(16-35(30,13-27)37(39,40)41)49-24-33(5-2)18-46-19-33/h26-31,45H,4-25H2,1-3H3. The molecule has 0 radical (unpaired) electrons. The van der Waals surface area contributed by atoms with Gasteiger partial charge in [0.05, 0.1) is 94.7 Å². The van der Waals surface area contributed by atoms with Crippen molar-refractivity contribution in [1.29, 1.82) is 0 Å². The number of hydrogen-bond acceptors (Lipinski definition) is 7. The molecule has 51 heavy (non-hydrogen) atoms. The van der Waals surface area contributed by atoms with Crippen LogP contribution in [0.2, 0.25) is 0 Å². The number of rotatable bonds is 16. The largest absolute Gasteiger partial charge is 0.397 e. The van der Waals surface area contributed by atoms with Gasteiger partial charge in [-0.15, -0.1) is 0 Å². The molecular formula is C38H60F6O7. The minimum atomic E-state index is -4.52. The van der Waals surface area contributed by atoms with Crippen LogP contribution in [-0.2, 0) is 28.4 Å². The lowest BCUT2D eigenvalue weighted by Gasteiger charge is -2.54. The van der Waals surface area contributed by atoms with E-state index >= 15 is 26.3 Å². The van der Waals surface area contributed by atoms with E-state index in [1.54, 1.807) is 0 Å². The van der Waals surface area contributed by atoms with Crippen molar-refractivity contribution in [2.75, 3.05) is 59.5 Å². The first-order chi connectivity index (χ1) is 24.1. The molecule has 0 aromatic heterocycles. The molecule has 296 valence electrons. The molecule has 4 bridgehead atoms. The van der Waals surface area contributed by atoms with Gasteiger partial charge in [0.25, 0.3) is 0 Å². The van der Waals surface area contributed by atoms with Crippen LogP contribution in [0, 0.1) is 38.9 Å². The maximum absolute atomic E-state index is 15.1. The van der Waals surface area contributed by atoms with Crippen LogP contribution in [-0.4, -0.2) is 101 Å². The quantitative estimate of drug-likeness (QED) is 0.161. The highest BCUT2D eigenvalue weighted by atomic mass is 19.4. The molecule has 9 atom stereocenters. The fourth-order valence-electron chi connectivity index (χ4n) is 10.1. The van der Waals surface area contributed by atoms with Crippen LogP contribution in [0.4, 0.5) is 26.3 Å². The summed E-state index contributed by atoms with van der Waals surface area (Å²) in [7, 11) is 0. The smallest absolute Gasteiger partial charge is 0.396 e. The van der Waals surface area contributed by atoms with Crippen LogP contribution < -0.4 is 0 Å². The fraction of sp³-hybridized carbons (Fsp3) is 1.00. The number of fused-ring (bicyclic) bond motifs is 4. The molecule has 4 aliphatic carbocycles. The predicted molar refractivity (Wildman–Crippen MR) is 176 cm³/mol. The van der Waals surface area contributed by atoms with E-state index in [1.807, 2.05) is 20.8 Å². The summed E-state index contributed by atoms with van der Waals surface area (Å²) in [6, 6.07) is 0. The van der Waals surface area contributed by atoms with Crippen LogP contribution in [0.25, 0.3) is 0 Å². The Kier molecular flexibility index (Phi) is 11.8. The summed E-state index contributed by atoms with van der Waals surface area (Å²) in [6.07, 6.45) is -8.00. The minimum absolute atomic E-state index is 0.00119. The molecule has 6 rings (SSSR count). The third kappa shape index (κ3) is 7.75. The molecule has 7 nitrogen and oxygen atoms in total. The van der Waals surface area contributed by atoms with Crippen LogP contribution >= 0.6 is 0 Å². The Hall–Kier alpha value is -0.700. The summed E-state index contributed by atoms with van der Waals surface area (Å²) in [5.41, 5.74) is -5.54. The third-order valence-electron chi connectivity index (χ3n) is 14.4. The number of hydrogen-bond donors (Lipinski definition) is 1. The van der Waals surface area contributed by atoms with E-state index in [9.17, 15) is 5.11 Å². The van der Waals surface area contributed by atoms with Crippen LogP contribution in [0.5, 0.6) is 0 Å². The van der Waals surface area contributed by atoms with Gasteiger partial charge < -0.3 is 33.5 Å². The highest BCUT2D eigenvalue weighted by molar-refractivity contribution is 5.06. The molecule has 6 fully saturated rings. The molecule has 0 aromatic carbocycles. The SMILES string of the molecule is CCC1(COC2CC3CCC(OCC(CC)(CO)COC4CC5CCC(OCC6(CC)COC6)C(C(F)(F)F)(C5)C4)C(C(F)(F)F)(C3)C2)COC1. The monoisotopic (exact) mass is 742 g/mol. The first-order valence-electron chi connectivity index (χ1n) is 19.5. The highest BCUT2D eigenvalue weighted by Gasteiger charge is 2.66. The Morgan fingerprint density at radius 3 is 1.47 bits per heavy atom. The zero-order chi connectivity index (χ0) is 36.8. The second kappa shape index (κ2) is 15.1. The molecule has 13 heteroatoms. The van der Waals surface area contributed by atoms with Crippen LogP contribution in [0.3, 0.4) is 0 Å². The van der Waals surface area contributed by atoms with Crippen molar-refractivity contribution in [1.82, 2.24) is 0 Å². The number of ether oxygens (including phenoxy) is 6. The van der Waals surface area contributed by atoms with Crippen LogP contribution in [0.15, 0.2) is 0 Å². The van der Waals surface area contributed by atoms with Crippen molar-refractivity contribution in [3.8, 4) is 0 Å². The number of aliphatic hydroxyl groups excluding tert-OH is 1. The minimum Gasteiger partial charge on any atom is -0.396 e. The Morgan fingerprint density at radius 1 is 0.608 bits per heavy atom. The Bertz CT molecular complexity index is 1140. The van der Waals surface area contributed by atoms with E-state index in [-0.39, 0.29) is 74.6 Å². The molecule has 0 aromatic rings. The number of aliphatic hydroxyl groups is 1. The van der Waals surface area contributed by atoms with Gasteiger partial charge in [0.2, 0.25) is 0 Å². The van der Waals surface area contributed by atoms with Gasteiger partial charge in [-0.1, -0.05) is 20.8 Å². The van der Waals surface area contributed by atoms with E-state index in [0.717, 1.165) is 12.8 Å². The van der Waals surface area contributed by atoms with E-state index in [0.29, 0.717) is 71.6 Å². The molecule has 0 spiro atoms. The molecule has 1 N–H and O–H groups in total. The molecule has 6 aliphatic rings. The normalized spacial score (nSPS) is 38.7. The van der Waals surface area contributed by atoms with Gasteiger partial charge in [0.15, 0.2) is 0 Å². The Labute approximate surface area is 299 Å². The maximum Gasteiger partial charge on any atom is 0.397 e. The zero-order valence-corrected chi connectivity index (χ0v) is 30.7. The fourth-order valence-corrected chi connectivity index (χ4v) is 10.1. The van der Waals surface area contributed by atoms with Gasteiger partial charge in [-0.3, -0.25) is 0 Å². The summed E-state index contributed by atoms with van der Waals surface area (Å²) in [5, 5.41) is 10.6. The highest BCUT2D eigenvalue weighted by Crippen LogP contribution is 2.61. The second-order valence-electron chi connectivity index (χ2n) is 17.7. The topological polar surface area (TPSA) is 75.6 Å². The van der Waals surface area contributed by atoms with Gasteiger partial charge in [0, 0.05) is 16.2 Å².